The maximum absolute atomic E-state index is 12.0. The lowest BCUT2D eigenvalue weighted by atomic mass is 10.1. The highest BCUT2D eigenvalue weighted by molar-refractivity contribution is 7.92. The number of hydrogen-bond acceptors (Lipinski definition) is 4. The van der Waals surface area contributed by atoms with Gasteiger partial charge in [0.2, 0.25) is 5.91 Å². The molecule has 0 aliphatic carbocycles. The fourth-order valence-electron chi connectivity index (χ4n) is 1.96. The molecule has 2 aromatic rings. The quantitative estimate of drug-likeness (QED) is 0.839. The molecule has 0 radical (unpaired) electrons. The fraction of sp³-hybridized carbons (Fsp3) is 0.267. The second kappa shape index (κ2) is 6.35. The molecule has 0 aliphatic rings. The number of carbonyl (C=O) groups excluding carboxylic acids is 1. The largest absolute Gasteiger partial charge is 0.274 e. The van der Waals surface area contributed by atoms with Gasteiger partial charge >= 0.3 is 0 Å². The summed E-state index contributed by atoms with van der Waals surface area (Å²) in [6.07, 6.45) is 0.0522. The Labute approximate surface area is 136 Å². The molecule has 1 aromatic heterocycles. The Morgan fingerprint density at radius 2 is 1.77 bits per heavy atom. The minimum absolute atomic E-state index is 0.0522. The van der Waals surface area contributed by atoms with Gasteiger partial charge in [-0.1, -0.05) is 55.2 Å². The van der Waals surface area contributed by atoms with Crippen LogP contribution in [0.15, 0.2) is 46.0 Å². The van der Waals surface area contributed by atoms with E-state index in [9.17, 15) is 13.2 Å². The van der Waals surface area contributed by atoms with Gasteiger partial charge in [0.15, 0.2) is 0 Å². The topological polar surface area (TPSA) is 63.2 Å². The molecular weight excluding hydrogens is 334 g/mol. The molecule has 0 aliphatic heterocycles. The third-order valence-electron chi connectivity index (χ3n) is 3.19. The molecule has 0 fully saturated rings. The molecule has 1 amide bonds. The van der Waals surface area contributed by atoms with Gasteiger partial charge in [0.1, 0.15) is 4.21 Å². The van der Waals surface area contributed by atoms with Crippen molar-refractivity contribution in [3.05, 3.63) is 47.3 Å². The van der Waals surface area contributed by atoms with E-state index in [1.807, 2.05) is 24.3 Å². The molecule has 1 heterocycles. The predicted molar refractivity (Wildman–Crippen MR) is 92.8 cm³/mol. The van der Waals surface area contributed by atoms with Crippen molar-refractivity contribution < 1.29 is 13.2 Å². The van der Waals surface area contributed by atoms with Gasteiger partial charge in [0.25, 0.3) is 10.0 Å². The lowest BCUT2D eigenvalue weighted by molar-refractivity contribution is -0.118. The lowest BCUT2D eigenvalue weighted by Gasteiger charge is -2.16. The average molecular weight is 354 g/mol. The predicted octanol–water partition coefficient (Wildman–Crippen LogP) is 2.34. The van der Waals surface area contributed by atoms with Crippen molar-refractivity contribution >= 4 is 40.5 Å². The van der Waals surface area contributed by atoms with Gasteiger partial charge in [-0.3, -0.25) is 4.79 Å². The van der Waals surface area contributed by atoms with Crippen LogP contribution in [0.3, 0.4) is 0 Å². The second-order valence-corrected chi connectivity index (χ2v) is 14.0. The summed E-state index contributed by atoms with van der Waals surface area (Å²) in [5, 5.41) is 2.97. The standard InChI is InChI=1S/C15H19NO3S2Si/c1-22(2,3)13-8-6-12(7-9-13)11-14(17)16-21(18,19)15-5-4-10-20-15/h4-10H,11H2,1-3H3,(H,16,17). The first-order chi connectivity index (χ1) is 10.2. The van der Waals surface area contributed by atoms with Crippen LogP contribution in [0.2, 0.25) is 19.6 Å². The molecule has 7 heteroatoms. The number of sulfonamides is 1. The number of hydrogen-bond donors (Lipinski definition) is 1. The zero-order valence-corrected chi connectivity index (χ0v) is 15.4. The van der Waals surface area contributed by atoms with Gasteiger partial charge in [-0.15, -0.1) is 11.3 Å². The van der Waals surface area contributed by atoms with Crippen LogP contribution in [0, 0.1) is 0 Å². The normalized spacial score (nSPS) is 12.1. The summed E-state index contributed by atoms with van der Waals surface area (Å²) in [7, 11) is -5.11. The zero-order chi connectivity index (χ0) is 16.4. The van der Waals surface area contributed by atoms with Gasteiger partial charge in [-0.05, 0) is 17.0 Å². The summed E-state index contributed by atoms with van der Waals surface area (Å²) >= 11 is 1.08. The summed E-state index contributed by atoms with van der Waals surface area (Å²) in [6, 6.07) is 11.0. The molecule has 1 aromatic carbocycles. The molecule has 118 valence electrons. The molecule has 0 saturated carbocycles. The van der Waals surface area contributed by atoms with Gasteiger partial charge in [0.05, 0.1) is 14.5 Å². The number of carbonyl (C=O) groups is 1. The van der Waals surface area contributed by atoms with Crippen molar-refractivity contribution in [3.8, 4) is 0 Å². The van der Waals surface area contributed by atoms with E-state index in [2.05, 4.69) is 24.4 Å². The monoisotopic (exact) mass is 353 g/mol. The molecule has 4 nitrogen and oxygen atoms in total. The minimum Gasteiger partial charge on any atom is -0.274 e. The number of rotatable bonds is 5. The summed E-state index contributed by atoms with van der Waals surface area (Å²) < 4.78 is 26.2. The van der Waals surface area contributed by atoms with E-state index in [-0.39, 0.29) is 10.6 Å². The van der Waals surface area contributed by atoms with Crippen LogP contribution in [0.4, 0.5) is 0 Å². The number of amides is 1. The molecule has 0 spiro atoms. The van der Waals surface area contributed by atoms with Crippen LogP contribution in [-0.4, -0.2) is 22.4 Å². The first-order valence-corrected chi connectivity index (χ1v) is 12.7. The zero-order valence-electron chi connectivity index (χ0n) is 12.8. The maximum Gasteiger partial charge on any atom is 0.273 e. The molecule has 22 heavy (non-hydrogen) atoms. The van der Waals surface area contributed by atoms with Crippen molar-refractivity contribution in [1.82, 2.24) is 4.72 Å². The third kappa shape index (κ3) is 4.28. The average Bonchev–Trinajstić information content (AvgIpc) is 2.92. The van der Waals surface area contributed by atoms with E-state index in [0.717, 1.165) is 16.9 Å². The van der Waals surface area contributed by atoms with Crippen molar-refractivity contribution in [2.75, 3.05) is 0 Å². The Kier molecular flexibility index (Phi) is 4.89. The summed E-state index contributed by atoms with van der Waals surface area (Å²) in [6.45, 7) is 6.76. The van der Waals surface area contributed by atoms with E-state index in [4.69, 9.17) is 0 Å². The van der Waals surface area contributed by atoms with E-state index < -0.39 is 24.0 Å². The van der Waals surface area contributed by atoms with Crippen LogP contribution < -0.4 is 9.91 Å². The third-order valence-corrected chi connectivity index (χ3v) is 8.03. The van der Waals surface area contributed by atoms with Crippen LogP contribution in [0.5, 0.6) is 0 Å². The number of benzene rings is 1. The Hall–Kier alpha value is -1.44. The Bertz CT molecular complexity index is 745. The van der Waals surface area contributed by atoms with Gasteiger partial charge in [-0.2, -0.15) is 0 Å². The molecule has 0 saturated heterocycles. The highest BCUT2D eigenvalue weighted by atomic mass is 32.2. The van der Waals surface area contributed by atoms with Gasteiger partial charge < -0.3 is 0 Å². The number of thiophene rings is 1. The first-order valence-electron chi connectivity index (χ1n) is 6.87. The summed E-state index contributed by atoms with van der Waals surface area (Å²) in [5.41, 5.74) is 0.806. The van der Waals surface area contributed by atoms with Crippen LogP contribution in [0.25, 0.3) is 0 Å². The van der Waals surface area contributed by atoms with E-state index in [1.54, 1.807) is 11.4 Å². The molecule has 0 unspecified atom stereocenters. The highest BCUT2D eigenvalue weighted by Gasteiger charge is 2.19. The first kappa shape index (κ1) is 16.9. The van der Waals surface area contributed by atoms with Crippen LogP contribution >= 0.6 is 11.3 Å². The van der Waals surface area contributed by atoms with Crippen LogP contribution in [0.1, 0.15) is 5.56 Å². The van der Waals surface area contributed by atoms with E-state index in [0.29, 0.717) is 0 Å². The van der Waals surface area contributed by atoms with Crippen molar-refractivity contribution in [3.63, 3.8) is 0 Å². The van der Waals surface area contributed by atoms with Gasteiger partial charge in [0, 0.05) is 0 Å². The molecule has 1 N–H and O–H groups in total. The fourth-order valence-corrected chi connectivity index (χ4v) is 5.10. The van der Waals surface area contributed by atoms with Crippen molar-refractivity contribution in [2.24, 2.45) is 0 Å². The smallest absolute Gasteiger partial charge is 0.273 e. The second-order valence-electron chi connectivity index (χ2n) is 6.08. The summed E-state index contributed by atoms with van der Waals surface area (Å²) in [5.74, 6) is -0.519. The lowest BCUT2D eigenvalue weighted by Crippen LogP contribution is -2.37. The number of nitrogens with one attached hydrogen (secondary N) is 1. The van der Waals surface area contributed by atoms with Crippen molar-refractivity contribution in [1.29, 1.82) is 0 Å². The van der Waals surface area contributed by atoms with Crippen molar-refractivity contribution in [2.45, 2.75) is 30.3 Å². The van der Waals surface area contributed by atoms with E-state index in [1.165, 1.54) is 11.3 Å². The molecule has 2 rings (SSSR count). The Morgan fingerprint density at radius 3 is 2.27 bits per heavy atom. The maximum atomic E-state index is 12.0. The van der Waals surface area contributed by atoms with E-state index >= 15 is 0 Å². The Morgan fingerprint density at radius 1 is 1.14 bits per heavy atom. The molecule has 0 atom stereocenters. The van der Waals surface area contributed by atoms with Crippen LogP contribution in [-0.2, 0) is 21.2 Å². The van der Waals surface area contributed by atoms with Gasteiger partial charge in [-0.25, -0.2) is 13.1 Å². The SMILES string of the molecule is C[Si](C)(C)c1ccc(CC(=O)NS(=O)(=O)c2cccs2)cc1. The summed E-state index contributed by atoms with van der Waals surface area (Å²) in [4.78, 5) is 11.9. The Balaban J connectivity index is 2.04. The molecule has 0 bridgehead atoms. The highest BCUT2D eigenvalue weighted by Crippen LogP contribution is 2.15. The molecular formula is C15H19NO3S2Si. The minimum atomic E-state index is -3.74.